The molecule has 0 aliphatic rings. The maximum atomic E-state index is 5.54. The molecule has 0 amide bonds. The van der Waals surface area contributed by atoms with Gasteiger partial charge in [0.15, 0.2) is 0 Å². The van der Waals surface area contributed by atoms with Gasteiger partial charge in [0.1, 0.15) is 0 Å². The minimum atomic E-state index is 0.884. The number of nitrogens with zero attached hydrogens (tertiary/aromatic N) is 5. The highest BCUT2D eigenvalue weighted by molar-refractivity contribution is 6.16. The molecule has 0 atom stereocenters. The van der Waals surface area contributed by atoms with Crippen LogP contribution in [0.25, 0.3) is 150 Å². The second kappa shape index (κ2) is 19.7. The Balaban J connectivity index is 1.21. The molecule has 5 aromatic heterocycles. The summed E-state index contributed by atoms with van der Waals surface area (Å²) in [6, 6.07) is 102. The second-order valence-electron chi connectivity index (χ2n) is 22.4. The number of aryl methyl sites for hydroxylation is 3. The minimum absolute atomic E-state index is 0.884. The van der Waals surface area contributed by atoms with Gasteiger partial charge in [0.05, 0.1) is 72.9 Å². The van der Waals surface area contributed by atoms with Gasteiger partial charge in [-0.05, 0) is 117 Å². The van der Waals surface area contributed by atoms with E-state index in [-0.39, 0.29) is 0 Å². The molecule has 396 valence electrons. The zero-order valence-electron chi connectivity index (χ0n) is 46.8. The number of fused-ring (bicyclic) bond motifs is 9. The zero-order valence-corrected chi connectivity index (χ0v) is 46.8. The van der Waals surface area contributed by atoms with E-state index in [0.29, 0.717) is 0 Å². The Morgan fingerprint density at radius 1 is 0.214 bits per heavy atom. The number of hydrogen-bond acceptors (Lipinski definition) is 2. The molecule has 5 heteroatoms. The van der Waals surface area contributed by atoms with Crippen molar-refractivity contribution in [2.75, 3.05) is 0 Å². The van der Waals surface area contributed by atoms with Crippen molar-refractivity contribution >= 4 is 65.4 Å². The van der Waals surface area contributed by atoms with Gasteiger partial charge in [-0.15, -0.1) is 0 Å². The maximum absolute atomic E-state index is 5.54. The summed E-state index contributed by atoms with van der Waals surface area (Å²) in [4.78, 5) is 11.1. The maximum Gasteiger partial charge on any atom is 0.0959 e. The van der Waals surface area contributed by atoms with Crippen molar-refractivity contribution in [3.05, 3.63) is 296 Å². The van der Waals surface area contributed by atoms with Gasteiger partial charge in [-0.3, -0.25) is 0 Å². The largest absolute Gasteiger partial charge is 0.306 e. The molecule has 0 aliphatic heterocycles. The van der Waals surface area contributed by atoms with E-state index < -0.39 is 0 Å². The van der Waals surface area contributed by atoms with Gasteiger partial charge >= 0.3 is 0 Å². The third-order valence-corrected chi connectivity index (χ3v) is 17.0. The molecule has 11 aromatic carbocycles. The monoisotopic (exact) mass is 1070 g/mol. The van der Waals surface area contributed by atoms with E-state index >= 15 is 0 Å². The Morgan fingerprint density at radius 2 is 0.476 bits per heavy atom. The van der Waals surface area contributed by atoms with Crippen LogP contribution in [0.2, 0.25) is 0 Å². The van der Waals surface area contributed by atoms with E-state index in [1.807, 2.05) is 0 Å². The Hall–Kier alpha value is -10.9. The Kier molecular flexibility index (Phi) is 11.5. The summed E-state index contributed by atoms with van der Waals surface area (Å²) >= 11 is 0. The average molecular weight is 1070 g/mol. The molecule has 0 radical (unpaired) electrons. The third-order valence-electron chi connectivity index (χ3n) is 17.0. The quantitative estimate of drug-likeness (QED) is 0.145. The van der Waals surface area contributed by atoms with E-state index in [1.54, 1.807) is 0 Å². The van der Waals surface area contributed by atoms with Gasteiger partial charge in [0.2, 0.25) is 0 Å². The average Bonchev–Trinajstić information content (AvgIpc) is 1.53. The molecular formula is C79H55N5. The van der Waals surface area contributed by atoms with Crippen LogP contribution in [0, 0.1) is 20.8 Å². The molecule has 84 heavy (non-hydrogen) atoms. The summed E-state index contributed by atoms with van der Waals surface area (Å²) < 4.78 is 7.76. The van der Waals surface area contributed by atoms with Crippen LogP contribution in [0.15, 0.2) is 279 Å². The topological polar surface area (TPSA) is 40.6 Å². The number of rotatable bonds is 9. The fraction of sp³-hybridized carbons (Fsp3) is 0.0380. The standard InChI is InChI=1S/C79H55N5/c1-50-36-39-74-64(42-50)59-30-16-19-33-71(59)82(74)77-62(57-45-67(53-22-8-4-9-23-53)80-68(46-57)54-24-10-5-11-25-54)49-63(58-47-69(55-26-12-6-13-27-55)81-70(48-58)56-28-14-7-15-29-56)78(83-72-34-20-17-31-60(72)65-43-51(2)37-40-75(65)83)79(77)84-73-35-21-18-32-61(73)66-44-52(3)38-41-76(66)84/h4-49H,1-3H3. The molecule has 0 spiro atoms. The van der Waals surface area contributed by atoms with E-state index in [0.717, 1.165) is 117 Å². The molecule has 16 rings (SSSR count). The molecule has 5 heterocycles. The van der Waals surface area contributed by atoms with Crippen LogP contribution in [0.4, 0.5) is 0 Å². The van der Waals surface area contributed by atoms with Crippen LogP contribution in [0.3, 0.4) is 0 Å². The molecule has 0 saturated carbocycles. The van der Waals surface area contributed by atoms with E-state index in [2.05, 4.69) is 314 Å². The number of aromatic nitrogens is 5. The SMILES string of the molecule is Cc1ccc2c(c1)c1ccccc1n2-c1c(-c2cc(-c3ccccc3)nc(-c3ccccc3)c2)cc(-c2cc(-c3ccccc3)nc(-c3ccccc3)c2)c(-n2c3ccccc3c3cc(C)ccc32)c1-n1c2ccccc2c2cc(C)ccc21. The molecule has 0 bridgehead atoms. The highest BCUT2D eigenvalue weighted by Gasteiger charge is 2.32. The molecular weight excluding hydrogens is 1020 g/mol. The van der Waals surface area contributed by atoms with E-state index in [1.165, 1.54) is 49.0 Å². The van der Waals surface area contributed by atoms with Crippen LogP contribution >= 0.6 is 0 Å². The molecule has 0 aliphatic carbocycles. The highest BCUT2D eigenvalue weighted by atomic mass is 15.1. The lowest BCUT2D eigenvalue weighted by atomic mass is 9.90. The molecule has 0 N–H and O–H groups in total. The van der Waals surface area contributed by atoms with Crippen molar-refractivity contribution < 1.29 is 0 Å². The fourth-order valence-corrected chi connectivity index (χ4v) is 13.1. The number of benzene rings is 11. The summed E-state index contributed by atoms with van der Waals surface area (Å²) in [5.41, 5.74) is 25.2. The smallest absolute Gasteiger partial charge is 0.0959 e. The van der Waals surface area contributed by atoms with Crippen molar-refractivity contribution in [2.45, 2.75) is 20.8 Å². The summed E-state index contributed by atoms with van der Waals surface area (Å²) in [7, 11) is 0. The van der Waals surface area contributed by atoms with Crippen LogP contribution < -0.4 is 0 Å². The second-order valence-corrected chi connectivity index (χ2v) is 22.4. The number of pyridine rings is 2. The first kappa shape index (κ1) is 49.0. The normalized spacial score (nSPS) is 11.8. The predicted molar refractivity (Wildman–Crippen MR) is 352 cm³/mol. The Bertz CT molecular complexity index is 4880. The highest BCUT2D eigenvalue weighted by Crippen LogP contribution is 2.51. The van der Waals surface area contributed by atoms with Gasteiger partial charge < -0.3 is 13.7 Å². The van der Waals surface area contributed by atoms with Crippen LogP contribution in [-0.2, 0) is 0 Å². The van der Waals surface area contributed by atoms with Crippen molar-refractivity contribution in [1.82, 2.24) is 23.7 Å². The lowest BCUT2D eigenvalue weighted by molar-refractivity contribution is 1.05. The summed E-state index contributed by atoms with van der Waals surface area (Å²) in [6.45, 7) is 6.61. The van der Waals surface area contributed by atoms with Crippen LogP contribution in [0.5, 0.6) is 0 Å². The van der Waals surface area contributed by atoms with Gasteiger partial charge in [-0.25, -0.2) is 9.97 Å². The summed E-state index contributed by atoms with van der Waals surface area (Å²) in [6.07, 6.45) is 0. The Morgan fingerprint density at radius 3 is 0.786 bits per heavy atom. The predicted octanol–water partition coefficient (Wildman–Crippen LogP) is 20.7. The first-order valence-electron chi connectivity index (χ1n) is 28.9. The van der Waals surface area contributed by atoms with Crippen LogP contribution in [0.1, 0.15) is 16.7 Å². The first-order chi connectivity index (χ1) is 41.4. The molecule has 16 aromatic rings. The fourth-order valence-electron chi connectivity index (χ4n) is 13.1. The summed E-state index contributed by atoms with van der Waals surface area (Å²) in [5.74, 6) is 0. The van der Waals surface area contributed by atoms with Gasteiger partial charge in [-0.2, -0.15) is 0 Å². The minimum Gasteiger partial charge on any atom is -0.306 e. The van der Waals surface area contributed by atoms with Gasteiger partial charge in [-0.1, -0.05) is 211 Å². The third kappa shape index (κ3) is 8.00. The first-order valence-corrected chi connectivity index (χ1v) is 28.9. The van der Waals surface area contributed by atoms with Crippen molar-refractivity contribution in [1.29, 1.82) is 0 Å². The van der Waals surface area contributed by atoms with Crippen molar-refractivity contribution in [3.63, 3.8) is 0 Å². The molecule has 0 unspecified atom stereocenters. The lowest BCUT2D eigenvalue weighted by Crippen LogP contribution is -2.13. The van der Waals surface area contributed by atoms with Gasteiger partial charge in [0, 0.05) is 65.7 Å². The van der Waals surface area contributed by atoms with Gasteiger partial charge in [0.25, 0.3) is 0 Å². The molecule has 0 saturated heterocycles. The van der Waals surface area contributed by atoms with Crippen molar-refractivity contribution in [3.8, 4) is 84.3 Å². The molecule has 0 fully saturated rings. The van der Waals surface area contributed by atoms with Crippen LogP contribution in [-0.4, -0.2) is 23.7 Å². The van der Waals surface area contributed by atoms with E-state index in [4.69, 9.17) is 9.97 Å². The lowest BCUT2D eigenvalue weighted by Gasteiger charge is -2.28. The van der Waals surface area contributed by atoms with E-state index in [9.17, 15) is 0 Å². The Labute approximate surface area is 487 Å². The number of para-hydroxylation sites is 3. The zero-order chi connectivity index (χ0) is 56.0. The summed E-state index contributed by atoms with van der Waals surface area (Å²) in [5, 5.41) is 7.12. The van der Waals surface area contributed by atoms with Crippen molar-refractivity contribution in [2.24, 2.45) is 0 Å². The number of hydrogen-bond donors (Lipinski definition) is 0. The molecule has 5 nitrogen and oxygen atoms in total.